The fraction of sp³-hybridized carbons (Fsp3) is 0.779. The Morgan fingerprint density at radius 3 is 1.17 bits per heavy atom. The minimum absolute atomic E-state index is 0.175. The number of aliphatic hydroxyl groups excluding tert-OH is 11. The molecule has 19 heteroatoms. The number of allylic oxidation sites excluding steroid dienone is 15. The maximum absolute atomic E-state index is 13.4. The van der Waals surface area contributed by atoms with E-state index in [2.05, 4.69) is 104 Å². The van der Waals surface area contributed by atoms with Crippen molar-refractivity contribution in [3.8, 4) is 0 Å². The molecule has 554 valence electrons. The molecule has 3 heterocycles. The van der Waals surface area contributed by atoms with Crippen LogP contribution in [0.25, 0.3) is 0 Å². The summed E-state index contributed by atoms with van der Waals surface area (Å²) >= 11 is 0. The van der Waals surface area contributed by atoms with E-state index in [1.807, 2.05) is 6.08 Å². The molecule has 0 radical (unpaired) electrons. The SMILES string of the molecule is CC/C=C\C/C=C\C/C=C\C/C=C\C/C=C\C/C=C\CCCCC(=O)NC(COC1OC(CO)C(OC2OC(CO)C(OC3OC(CO)C(O)C(O)C3O)C(O)C2O)C(O)C1O)C(O)/C=C/CC/C=C/CCCCCCCCCCCCCCCCCCCCCCCCCC. The summed E-state index contributed by atoms with van der Waals surface area (Å²) in [6.45, 7) is 1.58. The van der Waals surface area contributed by atoms with Crippen LogP contribution in [0.3, 0.4) is 0 Å². The zero-order chi connectivity index (χ0) is 69.6. The highest BCUT2D eigenvalue weighted by atomic mass is 16.8. The van der Waals surface area contributed by atoms with Crippen LogP contribution in [-0.4, -0.2) is 193 Å². The second kappa shape index (κ2) is 57.3. The van der Waals surface area contributed by atoms with Crippen molar-refractivity contribution in [1.29, 1.82) is 0 Å². The zero-order valence-electron chi connectivity index (χ0n) is 58.8. The minimum atomic E-state index is -1.99. The summed E-state index contributed by atoms with van der Waals surface area (Å²) in [5.74, 6) is -0.329. The van der Waals surface area contributed by atoms with Gasteiger partial charge in [-0.1, -0.05) is 259 Å². The second-order valence-electron chi connectivity index (χ2n) is 26.4. The summed E-state index contributed by atoms with van der Waals surface area (Å²) in [5, 5.41) is 121. The largest absolute Gasteiger partial charge is 0.394 e. The Kier molecular flexibility index (Phi) is 51.9. The van der Waals surface area contributed by atoms with E-state index < -0.39 is 131 Å². The average molecular weight is 1360 g/mol. The van der Waals surface area contributed by atoms with E-state index in [-0.39, 0.29) is 12.3 Å². The average Bonchev–Trinajstić information content (AvgIpc) is 0.785. The Morgan fingerprint density at radius 1 is 0.385 bits per heavy atom. The van der Waals surface area contributed by atoms with Crippen molar-refractivity contribution in [2.45, 2.75) is 356 Å². The molecule has 3 aliphatic heterocycles. The highest BCUT2D eigenvalue weighted by molar-refractivity contribution is 5.76. The van der Waals surface area contributed by atoms with Crippen molar-refractivity contribution in [3.63, 3.8) is 0 Å². The van der Waals surface area contributed by atoms with Crippen molar-refractivity contribution in [1.82, 2.24) is 5.32 Å². The van der Waals surface area contributed by atoms with Gasteiger partial charge in [-0.2, -0.15) is 0 Å². The van der Waals surface area contributed by atoms with Gasteiger partial charge in [0.2, 0.25) is 5.91 Å². The lowest BCUT2D eigenvalue weighted by Gasteiger charge is -2.48. The molecule has 3 aliphatic rings. The lowest BCUT2D eigenvalue weighted by atomic mass is 9.96. The van der Waals surface area contributed by atoms with Gasteiger partial charge in [-0.15, -0.1) is 0 Å². The maximum Gasteiger partial charge on any atom is 0.220 e. The van der Waals surface area contributed by atoms with Gasteiger partial charge in [0, 0.05) is 6.42 Å². The van der Waals surface area contributed by atoms with Gasteiger partial charge < -0.3 is 89.9 Å². The molecule has 0 aromatic carbocycles. The number of carbonyl (C=O) groups is 1. The summed E-state index contributed by atoms with van der Waals surface area (Å²) in [6.07, 6.45) is 49.7. The Hall–Kier alpha value is -3.29. The third-order valence-corrected chi connectivity index (χ3v) is 18.1. The van der Waals surface area contributed by atoms with E-state index in [4.69, 9.17) is 28.4 Å². The molecule has 0 aliphatic carbocycles. The van der Waals surface area contributed by atoms with E-state index in [0.717, 1.165) is 70.6 Å². The summed E-state index contributed by atoms with van der Waals surface area (Å²) < 4.78 is 34.3. The molecule has 0 spiro atoms. The van der Waals surface area contributed by atoms with Crippen LogP contribution in [0.4, 0.5) is 0 Å². The van der Waals surface area contributed by atoms with Gasteiger partial charge in [0.25, 0.3) is 0 Å². The third kappa shape index (κ3) is 37.9. The zero-order valence-corrected chi connectivity index (χ0v) is 58.8. The number of rotatable bonds is 57. The fourth-order valence-electron chi connectivity index (χ4n) is 12.1. The molecule has 3 fully saturated rings. The molecule has 0 saturated carbocycles. The quantitative estimate of drug-likeness (QED) is 0.0199. The molecule has 17 unspecified atom stereocenters. The van der Waals surface area contributed by atoms with Gasteiger partial charge in [-0.25, -0.2) is 0 Å². The number of carbonyl (C=O) groups excluding carboxylic acids is 1. The van der Waals surface area contributed by atoms with Crippen LogP contribution in [-0.2, 0) is 33.2 Å². The molecule has 0 bridgehead atoms. The van der Waals surface area contributed by atoms with Crippen molar-refractivity contribution in [2.24, 2.45) is 0 Å². The number of nitrogens with one attached hydrogen (secondary N) is 1. The molecule has 0 aromatic rings. The van der Waals surface area contributed by atoms with E-state index in [1.165, 1.54) is 148 Å². The van der Waals surface area contributed by atoms with Crippen LogP contribution >= 0.6 is 0 Å². The molecule has 19 nitrogen and oxygen atoms in total. The number of unbranched alkanes of at least 4 members (excludes halogenated alkanes) is 27. The Balaban J connectivity index is 1.43. The summed E-state index contributed by atoms with van der Waals surface area (Å²) in [7, 11) is 0. The van der Waals surface area contributed by atoms with Gasteiger partial charge in [-0.05, 0) is 83.5 Å². The van der Waals surface area contributed by atoms with Crippen LogP contribution in [0.15, 0.2) is 97.2 Å². The Bertz CT molecular complexity index is 2110. The molecule has 17 atom stereocenters. The first-order chi connectivity index (χ1) is 46.8. The topological polar surface area (TPSA) is 307 Å². The highest BCUT2D eigenvalue weighted by Gasteiger charge is 2.53. The molecule has 1 amide bonds. The molecule has 12 N–H and O–H groups in total. The molecule has 3 saturated heterocycles. The van der Waals surface area contributed by atoms with E-state index in [9.17, 15) is 61.0 Å². The minimum Gasteiger partial charge on any atom is -0.394 e. The fourth-order valence-corrected chi connectivity index (χ4v) is 12.1. The van der Waals surface area contributed by atoms with Gasteiger partial charge in [0.05, 0.1) is 38.6 Å². The Morgan fingerprint density at radius 2 is 0.729 bits per heavy atom. The lowest BCUT2D eigenvalue weighted by Crippen LogP contribution is -2.66. The van der Waals surface area contributed by atoms with Gasteiger partial charge >= 0.3 is 0 Å². The van der Waals surface area contributed by atoms with E-state index in [1.54, 1.807) is 6.08 Å². The molecule has 0 aromatic heterocycles. The van der Waals surface area contributed by atoms with Crippen molar-refractivity contribution >= 4 is 5.91 Å². The van der Waals surface area contributed by atoms with Crippen LogP contribution in [0.1, 0.15) is 251 Å². The number of hydrogen-bond donors (Lipinski definition) is 12. The number of ether oxygens (including phenoxy) is 6. The summed E-state index contributed by atoms with van der Waals surface area (Å²) in [5.41, 5.74) is 0. The van der Waals surface area contributed by atoms with Crippen LogP contribution in [0, 0.1) is 0 Å². The second-order valence-corrected chi connectivity index (χ2v) is 26.4. The van der Waals surface area contributed by atoms with Crippen LogP contribution in [0.5, 0.6) is 0 Å². The molecule has 96 heavy (non-hydrogen) atoms. The third-order valence-electron chi connectivity index (χ3n) is 18.1. The first kappa shape index (κ1) is 86.9. The molecule has 3 rings (SSSR count). The van der Waals surface area contributed by atoms with Crippen molar-refractivity contribution in [3.05, 3.63) is 97.2 Å². The van der Waals surface area contributed by atoms with E-state index in [0.29, 0.717) is 12.8 Å². The monoisotopic (exact) mass is 1360 g/mol. The van der Waals surface area contributed by atoms with Gasteiger partial charge in [-0.3, -0.25) is 4.79 Å². The lowest BCUT2D eigenvalue weighted by molar-refractivity contribution is -0.379. The van der Waals surface area contributed by atoms with Crippen LogP contribution < -0.4 is 5.32 Å². The summed E-state index contributed by atoms with van der Waals surface area (Å²) in [6, 6.07) is -1.02. The van der Waals surface area contributed by atoms with Gasteiger partial charge in [0.1, 0.15) is 73.2 Å². The van der Waals surface area contributed by atoms with Crippen molar-refractivity contribution < 1.29 is 89.4 Å². The normalized spacial score (nSPS) is 27.6. The summed E-state index contributed by atoms with van der Waals surface area (Å²) in [4.78, 5) is 13.4. The smallest absolute Gasteiger partial charge is 0.220 e. The maximum atomic E-state index is 13.4. The first-order valence-corrected chi connectivity index (χ1v) is 37.5. The van der Waals surface area contributed by atoms with E-state index >= 15 is 0 Å². The number of amides is 1. The van der Waals surface area contributed by atoms with Gasteiger partial charge in [0.15, 0.2) is 18.9 Å². The predicted octanol–water partition coefficient (Wildman–Crippen LogP) is 11.2. The van der Waals surface area contributed by atoms with Crippen molar-refractivity contribution in [2.75, 3.05) is 26.4 Å². The standard InChI is InChI=1S/C77H133NO18/c1-3-5-7-9-11-13-15-17-19-21-23-25-26-27-28-29-30-31-32-33-35-36-38-40-42-44-46-48-50-52-54-61(82)60(78-65(83)55-53-51-49-47-45-43-41-39-37-34-24-22-20-18-16-14-12-10-8-6-4-2)59-91-75-71(89)68(86)73(63(57-80)93-75)96-77-72(90)69(87)74(64(58-81)94-77)95-76-70(88)67(85)66(84)62(56-79)92-76/h6,8,12,14,18,20,24,34,39,41,44-47,52,54,60-64,66-77,79-82,84-90H,3-5,7,9-11,13,15-17,19,21-23,25-33,35-38,40,42-43,48-51,53,55-59H2,1-2H3,(H,78,83)/b8-6-,14-12-,20-18-,34-24-,41-39-,46-44+,47-45-,54-52+. The highest BCUT2D eigenvalue weighted by Crippen LogP contribution is 2.33. The Labute approximate surface area is 577 Å². The molecular weight excluding hydrogens is 1230 g/mol. The predicted molar refractivity (Wildman–Crippen MR) is 378 cm³/mol. The molecular formula is C77H133NO18. The number of aliphatic hydroxyl groups is 11. The van der Waals surface area contributed by atoms with Crippen LogP contribution in [0.2, 0.25) is 0 Å². The first-order valence-electron chi connectivity index (χ1n) is 37.5. The number of hydrogen-bond acceptors (Lipinski definition) is 18.